The second-order valence-electron chi connectivity index (χ2n) is 9.15. The molecule has 1 fully saturated rings. The minimum Gasteiger partial charge on any atom is -0.448 e. The van der Waals surface area contributed by atoms with Gasteiger partial charge in [-0.25, -0.2) is 4.79 Å². The van der Waals surface area contributed by atoms with Gasteiger partial charge in [0.25, 0.3) is 5.91 Å². The summed E-state index contributed by atoms with van der Waals surface area (Å²) >= 11 is 5.42. The lowest BCUT2D eigenvalue weighted by atomic mass is 10.0. The average Bonchev–Trinajstić information content (AvgIpc) is 3.66. The summed E-state index contributed by atoms with van der Waals surface area (Å²) < 4.78 is 6.72. The van der Waals surface area contributed by atoms with Crippen molar-refractivity contribution in [2.75, 3.05) is 11.5 Å². The number of carbonyl (C=O) groups is 3. The molecule has 0 spiro atoms. The van der Waals surface area contributed by atoms with E-state index >= 15 is 0 Å². The largest absolute Gasteiger partial charge is 0.448 e. The van der Waals surface area contributed by atoms with Crippen LogP contribution < -0.4 is 11.1 Å². The van der Waals surface area contributed by atoms with Gasteiger partial charge < -0.3 is 15.8 Å². The topological polar surface area (TPSA) is 128 Å². The molecule has 4 heterocycles. The van der Waals surface area contributed by atoms with Crippen molar-refractivity contribution in [1.82, 2.24) is 20.4 Å². The molecule has 6 rings (SSSR count). The number of carbonyl (C=O) groups excluding carboxylic acids is 3. The van der Waals surface area contributed by atoms with Crippen molar-refractivity contribution in [3.63, 3.8) is 0 Å². The Hall–Kier alpha value is -3.65. The highest BCUT2D eigenvalue weighted by molar-refractivity contribution is 8.07. The average molecular weight is 622 g/mol. The number of esters is 1. The Kier molecular flexibility index (Phi) is 8.10. The van der Waals surface area contributed by atoms with E-state index < -0.39 is 23.5 Å². The summed E-state index contributed by atoms with van der Waals surface area (Å²) in [6.07, 6.45) is -0.503. The van der Waals surface area contributed by atoms with Crippen LogP contribution >= 0.6 is 46.2 Å². The van der Waals surface area contributed by atoms with Crippen molar-refractivity contribution >= 4 is 69.1 Å². The molecule has 13 heteroatoms. The predicted molar refractivity (Wildman–Crippen MR) is 161 cm³/mol. The normalized spacial score (nSPS) is 18.2. The molecule has 2 atom stereocenters. The molecule has 0 unspecified atom stereocenters. The van der Waals surface area contributed by atoms with E-state index in [4.69, 9.17) is 10.5 Å². The summed E-state index contributed by atoms with van der Waals surface area (Å²) in [4.78, 5) is 42.2. The maximum Gasteiger partial charge on any atom is 0.356 e. The number of nitrogens with one attached hydrogen (secondary N) is 1. The van der Waals surface area contributed by atoms with Crippen LogP contribution in [0.25, 0.3) is 0 Å². The monoisotopic (exact) mass is 621 g/mol. The number of thioether (sulfide) groups is 2. The molecular formula is C28H23N5O4S4. The Balaban J connectivity index is 1.29. The van der Waals surface area contributed by atoms with Crippen LogP contribution in [0.3, 0.4) is 0 Å². The number of ether oxygens (including phenoxy) is 1. The molecule has 2 aromatic carbocycles. The predicted octanol–water partition coefficient (Wildman–Crippen LogP) is 4.46. The van der Waals surface area contributed by atoms with Gasteiger partial charge in [0.2, 0.25) is 11.0 Å². The van der Waals surface area contributed by atoms with Gasteiger partial charge in [0, 0.05) is 10.7 Å². The fourth-order valence-corrected chi connectivity index (χ4v) is 8.52. The van der Waals surface area contributed by atoms with Crippen molar-refractivity contribution < 1.29 is 19.1 Å². The van der Waals surface area contributed by atoms with E-state index in [9.17, 15) is 14.4 Å². The maximum atomic E-state index is 14.0. The summed E-state index contributed by atoms with van der Waals surface area (Å²) in [5, 5.41) is 14.5. The summed E-state index contributed by atoms with van der Waals surface area (Å²) in [7, 11) is 0. The van der Waals surface area contributed by atoms with Crippen molar-refractivity contribution in [1.29, 1.82) is 0 Å². The summed E-state index contributed by atoms with van der Waals surface area (Å²) in [6.45, 7) is 0. The number of thiophene rings is 1. The molecule has 3 N–H and O–H groups in total. The van der Waals surface area contributed by atoms with Crippen LogP contribution in [0.1, 0.15) is 22.8 Å². The minimum absolute atomic E-state index is 0.151. The third-order valence-electron chi connectivity index (χ3n) is 6.45. The smallest absolute Gasteiger partial charge is 0.356 e. The molecule has 1 saturated heterocycles. The number of nitrogen functional groups attached to an aromatic ring is 1. The summed E-state index contributed by atoms with van der Waals surface area (Å²) in [5.74, 6) is -0.822. The van der Waals surface area contributed by atoms with E-state index in [-0.39, 0.29) is 23.9 Å². The zero-order chi connectivity index (χ0) is 28.3. The van der Waals surface area contributed by atoms with Crippen LogP contribution in [0.2, 0.25) is 0 Å². The van der Waals surface area contributed by atoms with Crippen molar-refractivity contribution in [3.8, 4) is 0 Å². The molecular weight excluding hydrogens is 599 g/mol. The number of benzene rings is 2. The van der Waals surface area contributed by atoms with Gasteiger partial charge in [-0.2, -0.15) is 11.3 Å². The lowest BCUT2D eigenvalue weighted by Crippen LogP contribution is -2.70. The lowest BCUT2D eigenvalue weighted by molar-refractivity contribution is -0.154. The highest BCUT2D eigenvalue weighted by atomic mass is 32.2. The van der Waals surface area contributed by atoms with Gasteiger partial charge in [-0.1, -0.05) is 83.8 Å². The Morgan fingerprint density at radius 2 is 1.78 bits per heavy atom. The number of β-lactam (4-membered cyclic amide) rings is 1. The Bertz CT molecular complexity index is 1550. The van der Waals surface area contributed by atoms with Gasteiger partial charge in [-0.05, 0) is 33.5 Å². The van der Waals surface area contributed by atoms with Gasteiger partial charge in [0.1, 0.15) is 17.1 Å². The molecule has 4 aromatic rings. The third kappa shape index (κ3) is 5.89. The van der Waals surface area contributed by atoms with Gasteiger partial charge in [-0.15, -0.1) is 22.0 Å². The standard InChI is InChI=1S/C28H23N5O4S4/c29-27-31-32-28(41-27)40-19-15-39-25-21(30-20(34)13-16-11-12-38-14-16)24(35)33(25)22(19)26(36)37-23(17-7-3-1-4-8-17)18-9-5-2-6-10-18/h1-12,14,21,23,25H,13,15H2,(H2,29,31)(H,30,34)/t21-,25+/m1/s1. The Morgan fingerprint density at radius 1 is 1.07 bits per heavy atom. The molecule has 2 aliphatic rings. The quantitative estimate of drug-likeness (QED) is 0.206. The fourth-order valence-electron chi connectivity index (χ4n) is 4.58. The number of hydrogen-bond donors (Lipinski definition) is 2. The zero-order valence-corrected chi connectivity index (χ0v) is 24.6. The molecule has 0 bridgehead atoms. The number of hydrogen-bond acceptors (Lipinski definition) is 11. The summed E-state index contributed by atoms with van der Waals surface area (Å²) in [6, 6.07) is 20.0. The second-order valence-corrected chi connectivity index (χ2v) is 13.4. The van der Waals surface area contributed by atoms with Crippen LogP contribution in [-0.2, 0) is 25.5 Å². The van der Waals surface area contributed by atoms with Crippen LogP contribution in [0.15, 0.2) is 92.4 Å². The molecule has 208 valence electrons. The Morgan fingerprint density at radius 3 is 2.39 bits per heavy atom. The van der Waals surface area contributed by atoms with Crippen LogP contribution in [0.4, 0.5) is 5.13 Å². The molecule has 2 aliphatic heterocycles. The van der Waals surface area contributed by atoms with Crippen LogP contribution in [0.5, 0.6) is 0 Å². The molecule has 9 nitrogen and oxygen atoms in total. The molecule has 0 saturated carbocycles. The molecule has 2 aromatic heterocycles. The first-order valence-electron chi connectivity index (χ1n) is 12.5. The van der Waals surface area contributed by atoms with Gasteiger partial charge in [0.15, 0.2) is 10.4 Å². The number of fused-ring (bicyclic) bond motifs is 1. The second kappa shape index (κ2) is 12.1. The minimum atomic E-state index is -0.739. The van der Waals surface area contributed by atoms with E-state index in [1.54, 1.807) is 0 Å². The number of nitrogens with zero attached hydrogens (tertiary/aromatic N) is 3. The van der Waals surface area contributed by atoms with E-state index in [1.807, 2.05) is 77.5 Å². The van der Waals surface area contributed by atoms with E-state index in [2.05, 4.69) is 15.5 Å². The number of amides is 2. The Labute approximate surface area is 252 Å². The maximum absolute atomic E-state index is 14.0. The molecule has 2 amide bonds. The number of rotatable bonds is 9. The number of anilines is 1. The van der Waals surface area contributed by atoms with Crippen molar-refractivity contribution in [2.45, 2.75) is 28.3 Å². The van der Waals surface area contributed by atoms with Crippen LogP contribution in [0, 0.1) is 0 Å². The van der Waals surface area contributed by atoms with Gasteiger partial charge >= 0.3 is 5.97 Å². The van der Waals surface area contributed by atoms with Crippen molar-refractivity contribution in [3.05, 3.63) is 105 Å². The molecule has 41 heavy (non-hydrogen) atoms. The van der Waals surface area contributed by atoms with Gasteiger partial charge in [0.05, 0.1) is 6.42 Å². The number of aromatic nitrogens is 2. The first-order valence-corrected chi connectivity index (χ1v) is 16.2. The lowest BCUT2D eigenvalue weighted by Gasteiger charge is -2.49. The SMILES string of the molecule is Nc1nnc(SC2=C(C(=O)OC(c3ccccc3)c3ccccc3)N3C(=O)[C@@H](NC(=O)Cc4ccsc4)[C@@H]3SC2)s1. The van der Waals surface area contributed by atoms with Crippen molar-refractivity contribution in [2.24, 2.45) is 0 Å². The number of nitrogens with two attached hydrogens (primary N) is 1. The molecule has 0 radical (unpaired) electrons. The van der Waals surface area contributed by atoms with E-state index in [1.165, 1.54) is 51.1 Å². The van der Waals surface area contributed by atoms with Crippen LogP contribution in [-0.4, -0.2) is 50.0 Å². The zero-order valence-electron chi connectivity index (χ0n) is 21.3. The first kappa shape index (κ1) is 27.5. The fraction of sp³-hybridized carbons (Fsp3) is 0.179. The third-order valence-corrected chi connectivity index (χ3v) is 10.5. The highest BCUT2D eigenvalue weighted by Gasteiger charge is 2.55. The molecule has 0 aliphatic carbocycles. The highest BCUT2D eigenvalue weighted by Crippen LogP contribution is 2.46. The first-order chi connectivity index (χ1) is 20.0. The van der Waals surface area contributed by atoms with Gasteiger partial charge in [-0.3, -0.25) is 14.5 Å². The summed E-state index contributed by atoms with van der Waals surface area (Å²) in [5.41, 5.74) is 8.42. The van der Waals surface area contributed by atoms with E-state index in [0.717, 1.165) is 16.7 Å². The van der Waals surface area contributed by atoms with E-state index in [0.29, 0.717) is 20.1 Å².